The van der Waals surface area contributed by atoms with Crippen molar-refractivity contribution in [1.82, 2.24) is 4.90 Å². The summed E-state index contributed by atoms with van der Waals surface area (Å²) in [6.07, 6.45) is 1.49. The van der Waals surface area contributed by atoms with E-state index in [1.807, 2.05) is 4.90 Å². The zero-order chi connectivity index (χ0) is 12.0. The van der Waals surface area contributed by atoms with Crippen LogP contribution in [0.3, 0.4) is 0 Å². The largest absolute Gasteiger partial charge is 0.481 e. The Labute approximate surface area is 94.4 Å². The molecule has 0 aromatic rings. The molecule has 1 atom stereocenters. The highest BCUT2D eigenvalue weighted by Crippen LogP contribution is 2.20. The average Bonchev–Trinajstić information content (AvgIpc) is 2.39. The van der Waals surface area contributed by atoms with Gasteiger partial charge in [-0.2, -0.15) is 0 Å². The first kappa shape index (κ1) is 13.4. The molecule has 1 fully saturated rings. The molecule has 1 saturated heterocycles. The summed E-state index contributed by atoms with van der Waals surface area (Å²) in [5.74, 6) is -0.839. The van der Waals surface area contributed by atoms with Crippen LogP contribution in [-0.2, 0) is 4.79 Å². The number of halogens is 2. The van der Waals surface area contributed by atoms with Crippen molar-refractivity contribution in [2.75, 3.05) is 13.1 Å². The number of hydrogen-bond acceptors (Lipinski definition) is 2. The van der Waals surface area contributed by atoms with Crippen molar-refractivity contribution in [1.29, 1.82) is 0 Å². The Balaban J connectivity index is 2.47. The third-order valence-electron chi connectivity index (χ3n) is 3.04. The normalized spacial score (nSPS) is 23.3. The molecule has 16 heavy (non-hydrogen) atoms. The van der Waals surface area contributed by atoms with Crippen LogP contribution < -0.4 is 0 Å². The summed E-state index contributed by atoms with van der Waals surface area (Å²) < 4.78 is 24.3. The van der Waals surface area contributed by atoms with E-state index in [0.717, 1.165) is 32.2 Å². The van der Waals surface area contributed by atoms with E-state index in [-0.39, 0.29) is 18.9 Å². The van der Waals surface area contributed by atoms with E-state index in [2.05, 4.69) is 0 Å². The standard InChI is InChI=1S/C11H19F2NO2/c12-10(13)5-7-14-6-3-1-2-4-9(14)8-11(15)16/h9-10H,1-8H2,(H,15,16). The van der Waals surface area contributed by atoms with E-state index in [1.165, 1.54) is 0 Å². The zero-order valence-corrected chi connectivity index (χ0v) is 9.37. The maximum Gasteiger partial charge on any atom is 0.304 e. The molecule has 0 spiro atoms. The minimum Gasteiger partial charge on any atom is -0.481 e. The lowest BCUT2D eigenvalue weighted by atomic mass is 10.1. The number of likely N-dealkylation sites (tertiary alicyclic amines) is 1. The lowest BCUT2D eigenvalue weighted by Crippen LogP contribution is -2.37. The summed E-state index contributed by atoms with van der Waals surface area (Å²) in [5.41, 5.74) is 0. The number of rotatable bonds is 5. The number of hydrogen-bond donors (Lipinski definition) is 1. The fourth-order valence-corrected chi connectivity index (χ4v) is 2.23. The lowest BCUT2D eigenvalue weighted by molar-refractivity contribution is -0.138. The molecule has 3 nitrogen and oxygen atoms in total. The van der Waals surface area contributed by atoms with Gasteiger partial charge >= 0.3 is 5.97 Å². The molecule has 1 heterocycles. The molecule has 1 unspecified atom stereocenters. The second-order valence-electron chi connectivity index (χ2n) is 4.32. The highest BCUT2D eigenvalue weighted by atomic mass is 19.3. The number of aliphatic carboxylic acids is 1. The van der Waals surface area contributed by atoms with Gasteiger partial charge in [0, 0.05) is 19.0 Å². The molecule has 0 aromatic heterocycles. The molecular formula is C11H19F2NO2. The zero-order valence-electron chi connectivity index (χ0n) is 9.37. The van der Waals surface area contributed by atoms with Gasteiger partial charge < -0.3 is 5.11 Å². The van der Waals surface area contributed by atoms with Crippen LogP contribution in [0.4, 0.5) is 8.78 Å². The second kappa shape index (κ2) is 6.78. The van der Waals surface area contributed by atoms with Gasteiger partial charge in [0.15, 0.2) is 0 Å². The smallest absolute Gasteiger partial charge is 0.304 e. The summed E-state index contributed by atoms with van der Waals surface area (Å²) in [7, 11) is 0. The van der Waals surface area contributed by atoms with Crippen LogP contribution in [0.15, 0.2) is 0 Å². The molecule has 0 radical (unpaired) electrons. The van der Waals surface area contributed by atoms with Crippen molar-refractivity contribution in [2.24, 2.45) is 0 Å². The monoisotopic (exact) mass is 235 g/mol. The van der Waals surface area contributed by atoms with Crippen LogP contribution in [0.1, 0.15) is 38.5 Å². The van der Waals surface area contributed by atoms with Crippen LogP contribution in [0.5, 0.6) is 0 Å². The van der Waals surface area contributed by atoms with Crippen molar-refractivity contribution >= 4 is 5.97 Å². The number of nitrogens with zero attached hydrogens (tertiary/aromatic N) is 1. The number of carboxylic acids is 1. The quantitative estimate of drug-likeness (QED) is 0.795. The molecule has 1 N–H and O–H groups in total. The van der Waals surface area contributed by atoms with Crippen molar-refractivity contribution < 1.29 is 18.7 Å². The maximum atomic E-state index is 12.1. The van der Waals surface area contributed by atoms with Gasteiger partial charge in [0.1, 0.15) is 0 Å². The van der Waals surface area contributed by atoms with Crippen LogP contribution in [0, 0.1) is 0 Å². The third kappa shape index (κ3) is 4.88. The highest BCUT2D eigenvalue weighted by molar-refractivity contribution is 5.67. The summed E-state index contributed by atoms with van der Waals surface area (Å²) in [6, 6.07) is -0.0567. The lowest BCUT2D eigenvalue weighted by Gasteiger charge is -2.28. The fraction of sp³-hybridized carbons (Fsp3) is 0.909. The number of carboxylic acid groups (broad SMARTS) is 1. The molecule has 5 heteroatoms. The van der Waals surface area contributed by atoms with Crippen molar-refractivity contribution in [3.8, 4) is 0 Å². The summed E-state index contributed by atoms with van der Waals surface area (Å²) in [5, 5.41) is 8.78. The van der Waals surface area contributed by atoms with Gasteiger partial charge in [0.05, 0.1) is 6.42 Å². The van der Waals surface area contributed by atoms with E-state index >= 15 is 0 Å². The molecule has 1 aliphatic rings. The Morgan fingerprint density at radius 3 is 2.75 bits per heavy atom. The van der Waals surface area contributed by atoms with E-state index in [1.54, 1.807) is 0 Å². The summed E-state index contributed by atoms with van der Waals surface area (Å²) >= 11 is 0. The molecule has 1 aliphatic heterocycles. The minimum absolute atomic E-state index is 0.0567. The maximum absolute atomic E-state index is 12.1. The van der Waals surface area contributed by atoms with Gasteiger partial charge in [-0.1, -0.05) is 12.8 Å². The van der Waals surface area contributed by atoms with Crippen molar-refractivity contribution in [3.63, 3.8) is 0 Å². The van der Waals surface area contributed by atoms with Gasteiger partial charge in [-0.3, -0.25) is 9.69 Å². The van der Waals surface area contributed by atoms with Gasteiger partial charge in [-0.05, 0) is 19.4 Å². The van der Waals surface area contributed by atoms with Gasteiger partial charge in [0.2, 0.25) is 6.43 Å². The van der Waals surface area contributed by atoms with E-state index in [0.29, 0.717) is 6.54 Å². The van der Waals surface area contributed by atoms with E-state index < -0.39 is 12.4 Å². The van der Waals surface area contributed by atoms with Gasteiger partial charge in [-0.25, -0.2) is 8.78 Å². The van der Waals surface area contributed by atoms with E-state index in [4.69, 9.17) is 5.11 Å². The predicted molar refractivity (Wildman–Crippen MR) is 56.7 cm³/mol. The molecular weight excluding hydrogens is 216 g/mol. The molecule has 0 saturated carbocycles. The summed E-state index contributed by atoms with van der Waals surface area (Å²) in [4.78, 5) is 12.6. The molecule has 0 amide bonds. The number of alkyl halides is 2. The second-order valence-corrected chi connectivity index (χ2v) is 4.32. The first-order chi connectivity index (χ1) is 7.59. The Hall–Kier alpha value is -0.710. The first-order valence-corrected chi connectivity index (χ1v) is 5.83. The van der Waals surface area contributed by atoms with Crippen LogP contribution >= 0.6 is 0 Å². The van der Waals surface area contributed by atoms with Crippen molar-refractivity contribution in [3.05, 3.63) is 0 Å². The first-order valence-electron chi connectivity index (χ1n) is 5.83. The molecule has 94 valence electrons. The molecule has 0 bridgehead atoms. The van der Waals surface area contributed by atoms with Crippen molar-refractivity contribution in [2.45, 2.75) is 51.0 Å². The Morgan fingerprint density at radius 2 is 2.12 bits per heavy atom. The van der Waals surface area contributed by atoms with Crippen LogP contribution in [-0.4, -0.2) is 41.5 Å². The van der Waals surface area contributed by atoms with E-state index in [9.17, 15) is 13.6 Å². The Morgan fingerprint density at radius 1 is 1.38 bits per heavy atom. The molecule has 0 aromatic carbocycles. The fourth-order valence-electron chi connectivity index (χ4n) is 2.23. The van der Waals surface area contributed by atoms with Crippen LogP contribution in [0.25, 0.3) is 0 Å². The van der Waals surface area contributed by atoms with Crippen LogP contribution in [0.2, 0.25) is 0 Å². The Bertz CT molecular complexity index is 224. The van der Waals surface area contributed by atoms with Gasteiger partial charge in [-0.15, -0.1) is 0 Å². The Kier molecular flexibility index (Phi) is 5.66. The SMILES string of the molecule is O=C(O)CC1CCCCCN1CCC(F)F. The molecule has 1 rings (SSSR count). The predicted octanol–water partition coefficient (Wildman–Crippen LogP) is 2.36. The summed E-state index contributed by atoms with van der Waals surface area (Å²) in [6.45, 7) is 1.07. The van der Waals surface area contributed by atoms with Gasteiger partial charge in [0.25, 0.3) is 0 Å². The minimum atomic E-state index is -2.30. The topological polar surface area (TPSA) is 40.5 Å². The molecule has 0 aliphatic carbocycles. The highest BCUT2D eigenvalue weighted by Gasteiger charge is 2.23. The third-order valence-corrected chi connectivity index (χ3v) is 3.04. The average molecular weight is 235 g/mol. The number of carbonyl (C=O) groups is 1.